The van der Waals surface area contributed by atoms with Crippen LogP contribution in [-0.2, 0) is 6.54 Å². The van der Waals surface area contributed by atoms with E-state index in [1.54, 1.807) is 6.07 Å². The smallest absolute Gasteiger partial charge is 0.206 e. The van der Waals surface area contributed by atoms with Crippen LogP contribution < -0.4 is 5.32 Å². The lowest BCUT2D eigenvalue weighted by Crippen LogP contribution is -1.98. The van der Waals surface area contributed by atoms with Gasteiger partial charge in [0, 0.05) is 11.8 Å². The third-order valence-electron chi connectivity index (χ3n) is 3.38. The molecular formula is C17H15F2N3S2. The van der Waals surface area contributed by atoms with Crippen molar-refractivity contribution in [3.8, 4) is 0 Å². The molecule has 3 rings (SSSR count). The molecule has 2 aromatic carbocycles. The van der Waals surface area contributed by atoms with Crippen LogP contribution in [0.2, 0.25) is 0 Å². The van der Waals surface area contributed by atoms with Gasteiger partial charge in [-0.2, -0.15) is 0 Å². The molecule has 1 atom stereocenters. The van der Waals surface area contributed by atoms with Crippen LogP contribution in [0.15, 0.2) is 52.9 Å². The second kappa shape index (κ2) is 7.72. The van der Waals surface area contributed by atoms with Gasteiger partial charge in [0.25, 0.3) is 0 Å². The van der Waals surface area contributed by atoms with E-state index in [0.29, 0.717) is 12.1 Å². The molecule has 0 aliphatic rings. The second-order valence-corrected chi connectivity index (χ2v) is 7.71. The van der Waals surface area contributed by atoms with Gasteiger partial charge in [-0.25, -0.2) is 8.78 Å². The monoisotopic (exact) mass is 363 g/mol. The second-order valence-electron chi connectivity index (χ2n) is 5.15. The van der Waals surface area contributed by atoms with Gasteiger partial charge in [-0.05, 0) is 30.2 Å². The zero-order valence-electron chi connectivity index (χ0n) is 12.9. The largest absolute Gasteiger partial charge is 0.356 e. The fourth-order valence-corrected chi connectivity index (χ4v) is 4.10. The molecule has 1 N–H and O–H groups in total. The standard InChI is InChI=1S/C17H15F2N3S2/c1-11(13-7-8-14(18)15(19)9-13)23-17-22-21-16(24-17)20-10-12-5-3-2-4-6-12/h2-9,11H,10H2,1H3,(H,20,21). The summed E-state index contributed by atoms with van der Waals surface area (Å²) in [5.41, 5.74) is 1.88. The molecule has 0 aliphatic heterocycles. The van der Waals surface area contributed by atoms with Gasteiger partial charge in [-0.15, -0.1) is 10.2 Å². The van der Waals surface area contributed by atoms with Gasteiger partial charge >= 0.3 is 0 Å². The fourth-order valence-electron chi connectivity index (χ4n) is 2.09. The molecule has 0 saturated heterocycles. The van der Waals surface area contributed by atoms with Crippen molar-refractivity contribution in [1.82, 2.24) is 10.2 Å². The molecule has 7 heteroatoms. The quantitative estimate of drug-likeness (QED) is 0.605. The lowest BCUT2D eigenvalue weighted by molar-refractivity contribution is 0.507. The predicted molar refractivity (Wildman–Crippen MR) is 94.3 cm³/mol. The van der Waals surface area contributed by atoms with E-state index in [-0.39, 0.29) is 5.25 Å². The Hall–Kier alpha value is -1.99. The average molecular weight is 363 g/mol. The number of nitrogens with one attached hydrogen (secondary N) is 1. The number of hydrogen-bond donors (Lipinski definition) is 1. The van der Waals surface area contributed by atoms with Crippen LogP contribution in [0.1, 0.15) is 23.3 Å². The summed E-state index contributed by atoms with van der Waals surface area (Å²) in [6.07, 6.45) is 0. The van der Waals surface area contributed by atoms with Gasteiger partial charge in [0.05, 0.1) is 0 Å². The zero-order chi connectivity index (χ0) is 16.9. The minimum absolute atomic E-state index is 0.0463. The van der Waals surface area contributed by atoms with Crippen molar-refractivity contribution in [2.45, 2.75) is 23.1 Å². The molecule has 1 aromatic heterocycles. The van der Waals surface area contributed by atoms with Gasteiger partial charge in [0.1, 0.15) is 0 Å². The first kappa shape index (κ1) is 16.9. The van der Waals surface area contributed by atoms with Crippen LogP contribution in [0.4, 0.5) is 13.9 Å². The molecule has 24 heavy (non-hydrogen) atoms. The number of aromatic nitrogens is 2. The number of halogens is 2. The summed E-state index contributed by atoms with van der Waals surface area (Å²) in [6, 6.07) is 14.0. The van der Waals surface area contributed by atoms with Crippen LogP contribution in [-0.4, -0.2) is 10.2 Å². The molecule has 0 aliphatic carbocycles. The van der Waals surface area contributed by atoms with Crippen molar-refractivity contribution >= 4 is 28.2 Å². The van der Waals surface area contributed by atoms with E-state index < -0.39 is 11.6 Å². The zero-order valence-corrected chi connectivity index (χ0v) is 14.5. The Balaban J connectivity index is 1.60. The highest BCUT2D eigenvalue weighted by atomic mass is 32.2. The van der Waals surface area contributed by atoms with Crippen molar-refractivity contribution in [2.75, 3.05) is 5.32 Å². The van der Waals surface area contributed by atoms with Crippen molar-refractivity contribution < 1.29 is 8.78 Å². The summed E-state index contributed by atoms with van der Waals surface area (Å²) in [6.45, 7) is 2.61. The topological polar surface area (TPSA) is 37.8 Å². The Morgan fingerprint density at radius 1 is 1.08 bits per heavy atom. The Labute approximate surface area is 147 Å². The lowest BCUT2D eigenvalue weighted by atomic mass is 10.1. The summed E-state index contributed by atoms with van der Waals surface area (Å²) in [4.78, 5) is 0. The molecule has 3 nitrogen and oxygen atoms in total. The molecular weight excluding hydrogens is 348 g/mol. The molecule has 1 heterocycles. The minimum Gasteiger partial charge on any atom is -0.356 e. The van der Waals surface area contributed by atoms with E-state index in [2.05, 4.69) is 15.5 Å². The first-order valence-corrected chi connectivity index (χ1v) is 9.04. The summed E-state index contributed by atoms with van der Waals surface area (Å²) in [5, 5.41) is 12.2. The first-order valence-electron chi connectivity index (χ1n) is 7.35. The van der Waals surface area contributed by atoms with Crippen LogP contribution in [0.5, 0.6) is 0 Å². The fraction of sp³-hybridized carbons (Fsp3) is 0.176. The molecule has 0 fully saturated rings. The Morgan fingerprint density at radius 3 is 2.62 bits per heavy atom. The molecule has 0 amide bonds. The Morgan fingerprint density at radius 2 is 1.88 bits per heavy atom. The summed E-state index contributed by atoms with van der Waals surface area (Å²) < 4.78 is 27.1. The van der Waals surface area contributed by atoms with Crippen molar-refractivity contribution in [2.24, 2.45) is 0 Å². The maximum Gasteiger partial charge on any atom is 0.206 e. The number of anilines is 1. The van der Waals surface area contributed by atoms with E-state index in [1.165, 1.54) is 29.2 Å². The van der Waals surface area contributed by atoms with Gasteiger partial charge in [-0.3, -0.25) is 0 Å². The van der Waals surface area contributed by atoms with E-state index >= 15 is 0 Å². The summed E-state index contributed by atoms with van der Waals surface area (Å²) in [7, 11) is 0. The highest BCUT2D eigenvalue weighted by Gasteiger charge is 2.13. The maximum absolute atomic E-state index is 13.3. The highest BCUT2D eigenvalue weighted by Crippen LogP contribution is 2.37. The van der Waals surface area contributed by atoms with Gasteiger partial charge in [0.2, 0.25) is 5.13 Å². The van der Waals surface area contributed by atoms with Crippen LogP contribution in [0, 0.1) is 11.6 Å². The van der Waals surface area contributed by atoms with E-state index in [0.717, 1.165) is 21.1 Å². The minimum atomic E-state index is -0.834. The Bertz CT molecular complexity index is 809. The lowest BCUT2D eigenvalue weighted by Gasteiger charge is -2.09. The molecule has 3 aromatic rings. The molecule has 124 valence electrons. The van der Waals surface area contributed by atoms with E-state index in [1.807, 2.05) is 37.3 Å². The predicted octanol–water partition coefficient (Wildman–Crippen LogP) is 5.28. The van der Waals surface area contributed by atoms with Crippen LogP contribution in [0.3, 0.4) is 0 Å². The van der Waals surface area contributed by atoms with Gasteiger partial charge in [-0.1, -0.05) is 59.5 Å². The normalized spacial score (nSPS) is 12.1. The van der Waals surface area contributed by atoms with Gasteiger partial charge < -0.3 is 5.32 Å². The first-order chi connectivity index (χ1) is 11.6. The van der Waals surface area contributed by atoms with Gasteiger partial charge in [0.15, 0.2) is 16.0 Å². The van der Waals surface area contributed by atoms with Crippen LogP contribution in [0.25, 0.3) is 0 Å². The van der Waals surface area contributed by atoms with Crippen molar-refractivity contribution in [3.05, 3.63) is 71.3 Å². The third-order valence-corrected chi connectivity index (χ3v) is 5.51. The van der Waals surface area contributed by atoms with E-state index in [4.69, 9.17) is 0 Å². The third kappa shape index (κ3) is 4.30. The number of rotatable bonds is 6. The average Bonchev–Trinajstić information content (AvgIpc) is 3.04. The molecule has 1 unspecified atom stereocenters. The summed E-state index contributed by atoms with van der Waals surface area (Å²) in [5.74, 6) is -1.67. The van der Waals surface area contributed by atoms with Crippen LogP contribution >= 0.6 is 23.1 Å². The highest BCUT2D eigenvalue weighted by molar-refractivity contribution is 8.01. The Kier molecular flexibility index (Phi) is 5.42. The molecule has 0 radical (unpaired) electrons. The van der Waals surface area contributed by atoms with E-state index in [9.17, 15) is 8.78 Å². The number of hydrogen-bond acceptors (Lipinski definition) is 5. The molecule has 0 spiro atoms. The number of benzene rings is 2. The van der Waals surface area contributed by atoms with Crippen molar-refractivity contribution in [3.63, 3.8) is 0 Å². The SMILES string of the molecule is CC(Sc1nnc(NCc2ccccc2)s1)c1ccc(F)c(F)c1. The summed E-state index contributed by atoms with van der Waals surface area (Å²) >= 11 is 2.91. The number of nitrogens with zero attached hydrogens (tertiary/aromatic N) is 2. The maximum atomic E-state index is 13.3. The van der Waals surface area contributed by atoms with Crippen molar-refractivity contribution in [1.29, 1.82) is 0 Å². The number of thioether (sulfide) groups is 1. The molecule has 0 bridgehead atoms. The molecule has 0 saturated carbocycles.